The van der Waals surface area contributed by atoms with Crippen LogP contribution in [0.2, 0.25) is 0 Å². The molecule has 0 radical (unpaired) electrons. The second kappa shape index (κ2) is 4.94. The zero-order valence-electron chi connectivity index (χ0n) is 5.38. The van der Waals surface area contributed by atoms with Crippen molar-refractivity contribution in [3.05, 3.63) is 17.1 Å². The van der Waals surface area contributed by atoms with Gasteiger partial charge in [-0.05, 0) is 0 Å². The highest BCUT2D eigenvalue weighted by Crippen LogP contribution is 1.87. The molecule has 1 heterocycles. The Labute approximate surface area is 70.1 Å². The molecule has 0 saturated carbocycles. The normalized spacial score (nSPS) is 8.56. The number of hydrogen-bond acceptors (Lipinski definition) is 1. The summed E-state index contributed by atoms with van der Waals surface area (Å²) in [6, 6.07) is 0. The summed E-state index contributed by atoms with van der Waals surface area (Å²) in [5.74, 6) is 0. The SMILES string of the molecule is CCC[n+]1ccsc1.[Br-]. The standard InChI is InChI=1S/C6H10NS.BrH/c1-2-3-7-4-5-8-6-7;/h4-6H,2-3H2,1H3;1H/q+1;/p-1. The van der Waals surface area contributed by atoms with E-state index >= 15 is 0 Å². The summed E-state index contributed by atoms with van der Waals surface area (Å²) in [7, 11) is 0. The molecule has 0 saturated heterocycles. The van der Waals surface area contributed by atoms with Crippen LogP contribution < -0.4 is 21.5 Å². The van der Waals surface area contributed by atoms with Gasteiger partial charge in [0.05, 0.1) is 5.38 Å². The molecule has 0 unspecified atom stereocenters. The van der Waals surface area contributed by atoms with Crippen LogP contribution in [0.25, 0.3) is 0 Å². The van der Waals surface area contributed by atoms with Gasteiger partial charge in [0.2, 0.25) is 5.51 Å². The fourth-order valence-corrected chi connectivity index (χ4v) is 1.28. The Kier molecular flexibility index (Phi) is 5.00. The minimum atomic E-state index is 0. The first-order valence-corrected chi connectivity index (χ1v) is 3.79. The smallest absolute Gasteiger partial charge is 0.224 e. The molecule has 3 heteroatoms. The van der Waals surface area contributed by atoms with Crippen LogP contribution in [0.15, 0.2) is 17.1 Å². The maximum Gasteiger partial charge on any atom is 0.224 e. The van der Waals surface area contributed by atoms with Gasteiger partial charge in [0, 0.05) is 6.42 Å². The lowest BCUT2D eigenvalue weighted by atomic mass is 10.5. The van der Waals surface area contributed by atoms with Gasteiger partial charge < -0.3 is 17.0 Å². The van der Waals surface area contributed by atoms with Crippen LogP contribution in [0.3, 0.4) is 0 Å². The van der Waals surface area contributed by atoms with Crippen molar-refractivity contribution < 1.29 is 21.5 Å². The van der Waals surface area contributed by atoms with E-state index in [1.807, 2.05) is 0 Å². The fraction of sp³-hybridized carbons (Fsp3) is 0.500. The lowest BCUT2D eigenvalue weighted by Crippen LogP contribution is -3.00. The van der Waals surface area contributed by atoms with E-state index in [1.165, 1.54) is 6.42 Å². The molecule has 0 fully saturated rings. The highest BCUT2D eigenvalue weighted by Gasteiger charge is 1.93. The number of thiazole rings is 1. The Bertz CT molecular complexity index is 139. The maximum atomic E-state index is 2.20. The first kappa shape index (κ1) is 9.11. The highest BCUT2D eigenvalue weighted by atomic mass is 79.9. The van der Waals surface area contributed by atoms with Gasteiger partial charge in [-0.15, -0.1) is 0 Å². The average Bonchev–Trinajstić information content (AvgIpc) is 2.19. The van der Waals surface area contributed by atoms with Crippen molar-refractivity contribution in [3.63, 3.8) is 0 Å². The molecule has 0 spiro atoms. The van der Waals surface area contributed by atoms with Crippen LogP contribution in [0.1, 0.15) is 13.3 Å². The van der Waals surface area contributed by atoms with Gasteiger partial charge >= 0.3 is 0 Å². The number of aromatic nitrogens is 1. The second-order valence-electron chi connectivity index (χ2n) is 1.76. The summed E-state index contributed by atoms with van der Waals surface area (Å²) in [5.41, 5.74) is 2.13. The zero-order valence-corrected chi connectivity index (χ0v) is 7.78. The summed E-state index contributed by atoms with van der Waals surface area (Å²) in [4.78, 5) is 0. The van der Waals surface area contributed by atoms with Gasteiger partial charge in [-0.25, -0.2) is 0 Å². The van der Waals surface area contributed by atoms with Crippen LogP contribution >= 0.6 is 11.3 Å². The predicted octanol–water partition coefficient (Wildman–Crippen LogP) is -1.55. The molecule has 0 atom stereocenters. The van der Waals surface area contributed by atoms with Crippen molar-refractivity contribution in [2.45, 2.75) is 19.9 Å². The van der Waals surface area contributed by atoms with Gasteiger partial charge in [0.1, 0.15) is 6.54 Å². The van der Waals surface area contributed by atoms with Crippen molar-refractivity contribution in [1.29, 1.82) is 0 Å². The number of nitrogens with zero attached hydrogens (tertiary/aromatic N) is 1. The van der Waals surface area contributed by atoms with Gasteiger partial charge in [0.15, 0.2) is 6.20 Å². The van der Waals surface area contributed by atoms with E-state index in [2.05, 4.69) is 28.6 Å². The maximum absolute atomic E-state index is 2.20. The molecular weight excluding hydrogens is 198 g/mol. The number of aryl methyl sites for hydroxylation is 1. The molecule has 1 aromatic rings. The molecule has 52 valence electrons. The van der Waals surface area contributed by atoms with Gasteiger partial charge in [0.25, 0.3) is 0 Å². The van der Waals surface area contributed by atoms with Crippen molar-refractivity contribution >= 4 is 11.3 Å². The van der Waals surface area contributed by atoms with E-state index in [1.54, 1.807) is 11.3 Å². The number of rotatable bonds is 2. The highest BCUT2D eigenvalue weighted by molar-refractivity contribution is 7.07. The van der Waals surface area contributed by atoms with Crippen LogP contribution in [0, 0.1) is 0 Å². The van der Waals surface area contributed by atoms with E-state index in [9.17, 15) is 0 Å². The van der Waals surface area contributed by atoms with E-state index in [4.69, 9.17) is 0 Å². The minimum Gasteiger partial charge on any atom is -1.00 e. The Balaban J connectivity index is 0.000000640. The molecule has 9 heavy (non-hydrogen) atoms. The van der Waals surface area contributed by atoms with Crippen molar-refractivity contribution in [2.24, 2.45) is 0 Å². The number of halogens is 1. The van der Waals surface area contributed by atoms with Crippen LogP contribution in [-0.4, -0.2) is 0 Å². The zero-order chi connectivity index (χ0) is 5.82. The second-order valence-corrected chi connectivity index (χ2v) is 2.52. The summed E-state index contributed by atoms with van der Waals surface area (Å²) < 4.78 is 2.20. The molecular formula is C6H10BrNS. The molecule has 0 bridgehead atoms. The van der Waals surface area contributed by atoms with E-state index < -0.39 is 0 Å². The van der Waals surface area contributed by atoms with Crippen LogP contribution in [0.5, 0.6) is 0 Å². The Hall–Kier alpha value is 0.110. The van der Waals surface area contributed by atoms with Gasteiger partial charge in [-0.2, -0.15) is 4.57 Å². The van der Waals surface area contributed by atoms with Crippen LogP contribution in [0.4, 0.5) is 0 Å². The van der Waals surface area contributed by atoms with E-state index in [0.717, 1.165) is 6.54 Å². The quantitative estimate of drug-likeness (QED) is 0.518. The average molecular weight is 208 g/mol. The van der Waals surface area contributed by atoms with Crippen molar-refractivity contribution in [2.75, 3.05) is 0 Å². The molecule has 0 aromatic carbocycles. The lowest BCUT2D eigenvalue weighted by Gasteiger charge is -1.81. The van der Waals surface area contributed by atoms with Crippen LogP contribution in [-0.2, 0) is 6.54 Å². The Morgan fingerprint density at radius 1 is 1.56 bits per heavy atom. The first-order chi connectivity index (χ1) is 3.93. The minimum absolute atomic E-state index is 0. The fourth-order valence-electron chi connectivity index (χ4n) is 0.647. The third kappa shape index (κ3) is 2.96. The topological polar surface area (TPSA) is 3.88 Å². The summed E-state index contributed by atoms with van der Waals surface area (Å²) in [6.07, 6.45) is 3.33. The molecule has 0 aliphatic carbocycles. The van der Waals surface area contributed by atoms with Crippen molar-refractivity contribution in [1.82, 2.24) is 0 Å². The number of hydrogen-bond donors (Lipinski definition) is 0. The monoisotopic (exact) mass is 207 g/mol. The summed E-state index contributed by atoms with van der Waals surface area (Å²) in [5, 5.41) is 2.09. The summed E-state index contributed by atoms with van der Waals surface area (Å²) >= 11 is 1.74. The first-order valence-electron chi connectivity index (χ1n) is 2.84. The Morgan fingerprint density at radius 3 is 2.78 bits per heavy atom. The van der Waals surface area contributed by atoms with Gasteiger partial charge in [-0.1, -0.05) is 18.3 Å². The Morgan fingerprint density at radius 2 is 2.33 bits per heavy atom. The van der Waals surface area contributed by atoms with Crippen molar-refractivity contribution in [3.8, 4) is 0 Å². The van der Waals surface area contributed by atoms with E-state index in [0.29, 0.717) is 0 Å². The molecule has 0 aliphatic rings. The van der Waals surface area contributed by atoms with E-state index in [-0.39, 0.29) is 17.0 Å². The molecule has 1 rings (SSSR count). The van der Waals surface area contributed by atoms with Gasteiger partial charge in [-0.3, -0.25) is 0 Å². The third-order valence-electron chi connectivity index (χ3n) is 1.01. The molecule has 0 N–H and O–H groups in total. The largest absolute Gasteiger partial charge is 1.00 e. The molecule has 1 aromatic heterocycles. The predicted molar refractivity (Wildman–Crippen MR) is 34.8 cm³/mol. The lowest BCUT2D eigenvalue weighted by molar-refractivity contribution is -0.692. The molecule has 1 nitrogen and oxygen atoms in total. The third-order valence-corrected chi connectivity index (χ3v) is 1.68. The molecule has 0 aliphatic heterocycles. The molecule has 0 amide bonds. The summed E-state index contributed by atoms with van der Waals surface area (Å²) in [6.45, 7) is 3.34.